The number of esters is 1. The lowest BCUT2D eigenvalue weighted by atomic mass is 10.1. The Morgan fingerprint density at radius 3 is 1.84 bits per heavy atom. The van der Waals surface area contributed by atoms with E-state index in [0.717, 1.165) is 0 Å². The summed E-state index contributed by atoms with van der Waals surface area (Å²) >= 11 is 0. The van der Waals surface area contributed by atoms with Gasteiger partial charge in [0.25, 0.3) is 0 Å². The molecule has 0 fully saturated rings. The van der Waals surface area contributed by atoms with E-state index in [4.69, 9.17) is 19.9 Å². The van der Waals surface area contributed by atoms with Crippen LogP contribution in [-0.2, 0) is 9.53 Å². The highest BCUT2D eigenvalue weighted by Gasteiger charge is 2.21. The van der Waals surface area contributed by atoms with Crippen LogP contribution in [0.1, 0.15) is 11.6 Å². The van der Waals surface area contributed by atoms with Gasteiger partial charge in [0.15, 0.2) is 11.5 Å². The summed E-state index contributed by atoms with van der Waals surface area (Å²) in [6.07, 6.45) is 0. The van der Waals surface area contributed by atoms with Crippen LogP contribution in [0.5, 0.6) is 17.2 Å². The zero-order valence-corrected chi connectivity index (χ0v) is 12.1. The molecular weight excluding hydrogens is 274 g/mol. The third-order valence-electron chi connectivity index (χ3n) is 2.50. The highest BCUT2D eigenvalue weighted by molar-refractivity contribution is 5.85. The van der Waals surface area contributed by atoms with Crippen molar-refractivity contribution >= 4 is 18.4 Å². The first-order valence-electron chi connectivity index (χ1n) is 5.22. The smallest absolute Gasteiger partial charge is 0.327 e. The quantitative estimate of drug-likeness (QED) is 0.824. The monoisotopic (exact) mass is 291 g/mol. The largest absolute Gasteiger partial charge is 0.493 e. The molecule has 0 spiro atoms. The number of hydrogen-bond acceptors (Lipinski definition) is 6. The maximum absolute atomic E-state index is 11.4. The van der Waals surface area contributed by atoms with Gasteiger partial charge in [-0.1, -0.05) is 0 Å². The summed E-state index contributed by atoms with van der Waals surface area (Å²) in [6, 6.07) is 2.33. The lowest BCUT2D eigenvalue weighted by molar-refractivity contribution is -0.142. The average molecular weight is 292 g/mol. The molecule has 2 N–H and O–H groups in total. The molecule has 1 aromatic carbocycles. The van der Waals surface area contributed by atoms with Gasteiger partial charge in [0, 0.05) is 0 Å². The number of methoxy groups -OCH3 is 4. The maximum Gasteiger partial charge on any atom is 0.327 e. The van der Waals surface area contributed by atoms with Gasteiger partial charge in [-0.3, -0.25) is 4.79 Å². The van der Waals surface area contributed by atoms with Crippen molar-refractivity contribution in [2.75, 3.05) is 28.4 Å². The van der Waals surface area contributed by atoms with Gasteiger partial charge in [0.2, 0.25) is 5.75 Å². The van der Waals surface area contributed by atoms with E-state index in [-0.39, 0.29) is 12.4 Å². The van der Waals surface area contributed by atoms with Crippen molar-refractivity contribution in [3.8, 4) is 17.2 Å². The van der Waals surface area contributed by atoms with E-state index in [1.165, 1.54) is 28.4 Å². The van der Waals surface area contributed by atoms with Crippen LogP contribution in [-0.4, -0.2) is 34.4 Å². The molecule has 19 heavy (non-hydrogen) atoms. The zero-order chi connectivity index (χ0) is 13.7. The molecule has 0 bridgehead atoms. The van der Waals surface area contributed by atoms with Crippen LogP contribution in [0.4, 0.5) is 0 Å². The van der Waals surface area contributed by atoms with E-state index in [1.807, 2.05) is 0 Å². The predicted molar refractivity (Wildman–Crippen MR) is 72.3 cm³/mol. The van der Waals surface area contributed by atoms with Gasteiger partial charge in [-0.15, -0.1) is 12.4 Å². The first-order chi connectivity index (χ1) is 8.58. The minimum atomic E-state index is -0.899. The lowest BCUT2D eigenvalue weighted by Crippen LogP contribution is -2.22. The van der Waals surface area contributed by atoms with Crippen molar-refractivity contribution in [2.24, 2.45) is 5.73 Å². The molecule has 0 radical (unpaired) electrons. The van der Waals surface area contributed by atoms with Crippen LogP contribution in [0.2, 0.25) is 0 Å². The standard InChI is InChI=1S/C12H17NO5.ClH/c1-15-8-5-7(10(13)12(14)18-4)6-9(16-2)11(8)17-3;/h5-6,10H,13H2,1-4H3;1H/t10-;/m0./s1. The summed E-state index contributed by atoms with van der Waals surface area (Å²) < 4.78 is 20.1. The Bertz CT molecular complexity index is 413. The van der Waals surface area contributed by atoms with Gasteiger partial charge in [0.1, 0.15) is 6.04 Å². The van der Waals surface area contributed by atoms with Gasteiger partial charge >= 0.3 is 5.97 Å². The zero-order valence-electron chi connectivity index (χ0n) is 11.3. The van der Waals surface area contributed by atoms with Gasteiger partial charge in [-0.25, -0.2) is 0 Å². The second-order valence-electron chi connectivity index (χ2n) is 3.46. The lowest BCUT2D eigenvalue weighted by Gasteiger charge is -2.16. The van der Waals surface area contributed by atoms with Crippen molar-refractivity contribution in [3.63, 3.8) is 0 Å². The molecule has 0 heterocycles. The number of carbonyl (C=O) groups excluding carboxylic acids is 1. The third-order valence-corrected chi connectivity index (χ3v) is 2.50. The number of rotatable bonds is 5. The molecule has 0 aliphatic rings. The van der Waals surface area contributed by atoms with E-state index >= 15 is 0 Å². The minimum Gasteiger partial charge on any atom is -0.493 e. The highest BCUT2D eigenvalue weighted by atomic mass is 35.5. The number of benzene rings is 1. The number of ether oxygens (including phenoxy) is 4. The fourth-order valence-electron chi connectivity index (χ4n) is 1.54. The van der Waals surface area contributed by atoms with Crippen LogP contribution in [0.3, 0.4) is 0 Å². The second-order valence-corrected chi connectivity index (χ2v) is 3.46. The molecule has 0 unspecified atom stereocenters. The Balaban J connectivity index is 0.00000324. The summed E-state index contributed by atoms with van der Waals surface area (Å²) in [4.78, 5) is 11.4. The van der Waals surface area contributed by atoms with E-state index in [2.05, 4.69) is 4.74 Å². The van der Waals surface area contributed by atoms with Crippen molar-refractivity contribution in [1.29, 1.82) is 0 Å². The molecule has 1 aromatic rings. The minimum absolute atomic E-state index is 0. The summed E-state index contributed by atoms with van der Waals surface area (Å²) in [5.74, 6) is 0.780. The third kappa shape index (κ3) is 3.65. The molecule has 0 aromatic heterocycles. The fraction of sp³-hybridized carbons (Fsp3) is 0.417. The van der Waals surface area contributed by atoms with Crippen molar-refractivity contribution in [3.05, 3.63) is 17.7 Å². The molecule has 6 nitrogen and oxygen atoms in total. The summed E-state index contributed by atoms with van der Waals surface area (Å²) in [7, 11) is 5.76. The fourth-order valence-corrected chi connectivity index (χ4v) is 1.54. The topological polar surface area (TPSA) is 80.0 Å². The number of carbonyl (C=O) groups is 1. The average Bonchev–Trinajstić information content (AvgIpc) is 2.43. The Morgan fingerprint density at radius 2 is 1.53 bits per heavy atom. The Labute approximate surface area is 118 Å². The second kappa shape index (κ2) is 7.70. The highest BCUT2D eigenvalue weighted by Crippen LogP contribution is 2.39. The van der Waals surface area contributed by atoms with Gasteiger partial charge < -0.3 is 24.7 Å². The first kappa shape index (κ1) is 17.3. The Morgan fingerprint density at radius 1 is 1.05 bits per heavy atom. The van der Waals surface area contributed by atoms with Crippen LogP contribution in [0.15, 0.2) is 12.1 Å². The molecule has 0 amide bonds. The molecule has 0 aliphatic heterocycles. The summed E-state index contributed by atoms with van der Waals surface area (Å²) in [6.45, 7) is 0. The SMILES string of the molecule is COC(=O)[C@@H](N)c1cc(OC)c(OC)c(OC)c1.Cl. The van der Waals surface area contributed by atoms with Crippen LogP contribution in [0, 0.1) is 0 Å². The number of halogens is 1. The molecular formula is C12H18ClNO5. The molecule has 1 atom stereocenters. The number of hydrogen-bond donors (Lipinski definition) is 1. The molecule has 1 rings (SSSR count). The van der Waals surface area contributed by atoms with Crippen LogP contribution in [0.25, 0.3) is 0 Å². The van der Waals surface area contributed by atoms with Gasteiger partial charge in [-0.2, -0.15) is 0 Å². The Hall–Kier alpha value is -1.66. The molecule has 0 saturated heterocycles. The van der Waals surface area contributed by atoms with Crippen molar-refractivity contribution in [1.82, 2.24) is 0 Å². The van der Waals surface area contributed by atoms with E-state index in [1.54, 1.807) is 12.1 Å². The molecule has 108 valence electrons. The van der Waals surface area contributed by atoms with Crippen LogP contribution >= 0.6 is 12.4 Å². The predicted octanol–water partition coefficient (Wildman–Crippen LogP) is 1.31. The van der Waals surface area contributed by atoms with E-state index in [9.17, 15) is 4.79 Å². The molecule has 7 heteroatoms. The summed E-state index contributed by atoms with van der Waals surface area (Å²) in [5.41, 5.74) is 6.29. The van der Waals surface area contributed by atoms with Crippen molar-refractivity contribution in [2.45, 2.75) is 6.04 Å². The van der Waals surface area contributed by atoms with Gasteiger partial charge in [0.05, 0.1) is 28.4 Å². The maximum atomic E-state index is 11.4. The first-order valence-corrected chi connectivity index (χ1v) is 5.22. The normalized spacial score (nSPS) is 11.0. The van der Waals surface area contributed by atoms with E-state index in [0.29, 0.717) is 22.8 Å². The Kier molecular flexibility index (Phi) is 7.03. The summed E-state index contributed by atoms with van der Waals surface area (Å²) in [5, 5.41) is 0. The molecule has 0 saturated carbocycles. The molecule has 0 aliphatic carbocycles. The number of nitrogens with two attached hydrogens (primary N) is 1. The van der Waals surface area contributed by atoms with Gasteiger partial charge in [-0.05, 0) is 17.7 Å². The van der Waals surface area contributed by atoms with Crippen LogP contribution < -0.4 is 19.9 Å². The van der Waals surface area contributed by atoms with E-state index < -0.39 is 12.0 Å². The van der Waals surface area contributed by atoms with Crippen molar-refractivity contribution < 1.29 is 23.7 Å².